The van der Waals surface area contributed by atoms with Gasteiger partial charge in [0.05, 0.1) is 66.2 Å². The van der Waals surface area contributed by atoms with Gasteiger partial charge in [-0.15, -0.1) is 0 Å². The van der Waals surface area contributed by atoms with Crippen LogP contribution in [0, 0.1) is 0 Å². The average Bonchev–Trinajstić information content (AvgIpc) is 1.58. The third-order valence-electron chi connectivity index (χ3n) is 26.7. The van der Waals surface area contributed by atoms with Crippen LogP contribution in [0.2, 0.25) is 0 Å². The van der Waals surface area contributed by atoms with Gasteiger partial charge in [-0.25, -0.2) is 0 Å². The molecule has 27 rings (SSSR count). The molecule has 0 aliphatic heterocycles. The molecular weight excluding hydrogens is 1600 g/mol. The summed E-state index contributed by atoms with van der Waals surface area (Å²) in [6.07, 6.45) is 0. The van der Waals surface area contributed by atoms with E-state index in [0.717, 1.165) is 39.7 Å². The van der Waals surface area contributed by atoms with Gasteiger partial charge in [0, 0.05) is 98.8 Å². The van der Waals surface area contributed by atoms with Gasteiger partial charge in [-0.05, 0) is 212 Å². The van der Waals surface area contributed by atoms with Crippen molar-refractivity contribution in [2.24, 2.45) is 0 Å². The first-order valence-electron chi connectivity index (χ1n) is 45.3. The van der Waals surface area contributed by atoms with Gasteiger partial charge < -0.3 is 27.4 Å². The van der Waals surface area contributed by atoms with Gasteiger partial charge in [0.15, 0.2) is 0 Å². The number of nitrogens with zero attached hydrogens (tertiary/aromatic N) is 6. The summed E-state index contributed by atoms with van der Waals surface area (Å²) in [6, 6.07) is 185. The molecule has 21 aromatic carbocycles. The number of fused-ring (bicyclic) bond motifs is 18. The number of benzene rings is 21. The first-order valence-corrected chi connectivity index (χ1v) is 45.3. The van der Waals surface area contributed by atoms with E-state index in [2.05, 4.69) is 537 Å². The standard InChI is InChI=1S/C48H32N2.C42H28N2.C36H24N2/c1-3-15-33(16-4-1)35-27-36(34-17-5-2-6-18-34)29-37(28-35)38-30-39(49-45-23-11-7-19-41(45)42-20-8-12-24-46(42)49)32-40(31-38)50-47-25-13-9-21-43(47)44-22-10-14-26-48(44)50;1-2-12-29(13-3-1)30-22-24-31(25-23-30)32-26-33(43-39-18-8-4-14-35(39)36-15-5-9-19-40(36)43)28-34(27-32)44-41-20-10-6-16-37(41)38-17-7-11-21-42(38)44;1-2-12-25(13-3-1)26-22-27(37-33-18-8-4-14-29(33)30-15-5-9-19-34(30)37)24-28(23-26)38-35-20-10-6-16-31(35)32-17-7-11-21-36(32)38/h1-32H;1-28H;1-24H. The Kier molecular flexibility index (Phi) is 18.8. The van der Waals surface area contributed by atoms with Crippen LogP contribution in [-0.4, -0.2) is 27.4 Å². The van der Waals surface area contributed by atoms with Gasteiger partial charge in [0.2, 0.25) is 0 Å². The topological polar surface area (TPSA) is 29.6 Å². The smallest absolute Gasteiger partial charge is 0.0541 e. The molecular formula is C126H84N6. The van der Waals surface area contributed by atoms with Crippen molar-refractivity contribution in [1.82, 2.24) is 27.4 Å². The molecule has 0 aliphatic carbocycles. The van der Waals surface area contributed by atoms with Gasteiger partial charge in [0.25, 0.3) is 0 Å². The number of rotatable bonds is 12. The maximum atomic E-state index is 2.44. The van der Waals surface area contributed by atoms with Gasteiger partial charge in [-0.1, -0.05) is 364 Å². The van der Waals surface area contributed by atoms with Crippen LogP contribution in [0.1, 0.15) is 0 Å². The van der Waals surface area contributed by atoms with E-state index in [0.29, 0.717) is 0 Å². The summed E-state index contributed by atoms with van der Waals surface area (Å²) < 4.78 is 14.5. The van der Waals surface area contributed by atoms with Crippen LogP contribution < -0.4 is 0 Å². The quantitative estimate of drug-likeness (QED) is 0.117. The van der Waals surface area contributed by atoms with Crippen molar-refractivity contribution >= 4 is 131 Å². The Morgan fingerprint density at radius 3 is 0.371 bits per heavy atom. The summed E-state index contributed by atoms with van der Waals surface area (Å²) in [7, 11) is 0. The van der Waals surface area contributed by atoms with Crippen molar-refractivity contribution in [2.45, 2.75) is 0 Å². The molecule has 618 valence electrons. The van der Waals surface area contributed by atoms with Crippen molar-refractivity contribution < 1.29 is 0 Å². The lowest BCUT2D eigenvalue weighted by Gasteiger charge is -2.17. The Bertz CT molecular complexity index is 8360. The van der Waals surface area contributed by atoms with Crippen LogP contribution in [0.15, 0.2) is 510 Å². The lowest BCUT2D eigenvalue weighted by atomic mass is 9.93. The summed E-state index contributed by atoms with van der Waals surface area (Å²) >= 11 is 0. The van der Waals surface area contributed by atoms with Crippen LogP contribution in [0.3, 0.4) is 0 Å². The van der Waals surface area contributed by atoms with E-state index in [1.54, 1.807) is 0 Å². The number of aromatic nitrogens is 6. The molecule has 0 saturated heterocycles. The highest BCUT2D eigenvalue weighted by Gasteiger charge is 2.24. The largest absolute Gasteiger partial charge is 0.309 e. The number of hydrogen-bond donors (Lipinski definition) is 0. The van der Waals surface area contributed by atoms with Crippen LogP contribution in [0.5, 0.6) is 0 Å². The Hall–Kier alpha value is -17.6. The molecule has 27 aromatic rings. The lowest BCUT2D eigenvalue weighted by molar-refractivity contribution is 1.13. The predicted octanol–water partition coefficient (Wildman–Crippen LogP) is 33.6. The maximum absolute atomic E-state index is 2.44. The van der Waals surface area contributed by atoms with Gasteiger partial charge >= 0.3 is 0 Å². The molecule has 6 heteroatoms. The summed E-state index contributed by atoms with van der Waals surface area (Å²) in [4.78, 5) is 0. The molecule has 0 unspecified atom stereocenters. The SMILES string of the molecule is c1ccc(-c2cc(-c3ccccc3)cc(-c3cc(-n4c5ccccc5c5ccccc54)cc(-n4c5ccccc5c5ccccc54)c3)c2)cc1.c1ccc(-c2cc(-n3c4ccccc4c4ccccc43)cc(-n3c4ccccc4c4ccccc43)c2)cc1.c1ccc(-c2ccc(-c3cc(-n4c5ccccc5c5ccccc54)cc(-n4c5ccccc5c5ccccc54)c3)cc2)cc1. The first kappa shape index (κ1) is 76.8. The van der Waals surface area contributed by atoms with Crippen molar-refractivity contribution in [3.05, 3.63) is 510 Å². The van der Waals surface area contributed by atoms with Gasteiger partial charge in [-0.3, -0.25) is 0 Å². The van der Waals surface area contributed by atoms with Gasteiger partial charge in [-0.2, -0.15) is 0 Å². The fourth-order valence-electron chi connectivity index (χ4n) is 20.8. The third-order valence-corrected chi connectivity index (χ3v) is 26.7. The molecule has 0 saturated carbocycles. The minimum Gasteiger partial charge on any atom is -0.309 e. The molecule has 0 atom stereocenters. The van der Waals surface area contributed by atoms with Crippen LogP contribution in [0.25, 0.3) is 232 Å². The zero-order chi connectivity index (χ0) is 87.1. The number of hydrogen-bond acceptors (Lipinski definition) is 0. The van der Waals surface area contributed by atoms with E-state index < -0.39 is 0 Å². The molecule has 0 amide bonds. The van der Waals surface area contributed by atoms with Crippen molar-refractivity contribution in [3.63, 3.8) is 0 Å². The Balaban J connectivity index is 0.000000107. The van der Waals surface area contributed by atoms with Crippen molar-refractivity contribution in [2.75, 3.05) is 0 Å². The van der Waals surface area contributed by atoms with Crippen molar-refractivity contribution in [1.29, 1.82) is 0 Å². The molecule has 0 bridgehead atoms. The highest BCUT2D eigenvalue weighted by Crippen LogP contribution is 2.45. The second-order valence-electron chi connectivity index (χ2n) is 34.3. The highest BCUT2D eigenvalue weighted by atomic mass is 15.0. The summed E-state index contributed by atoms with van der Waals surface area (Å²) in [5.41, 5.74) is 35.7. The van der Waals surface area contributed by atoms with Crippen molar-refractivity contribution in [3.8, 4) is 101 Å². The highest BCUT2D eigenvalue weighted by molar-refractivity contribution is 6.15. The second-order valence-corrected chi connectivity index (χ2v) is 34.3. The molecule has 6 heterocycles. The van der Waals surface area contributed by atoms with E-state index in [4.69, 9.17) is 0 Å². The lowest BCUT2D eigenvalue weighted by Crippen LogP contribution is -2.00. The second kappa shape index (κ2) is 32.4. The zero-order valence-electron chi connectivity index (χ0n) is 72.2. The maximum Gasteiger partial charge on any atom is 0.0541 e. The third kappa shape index (κ3) is 13.3. The fraction of sp³-hybridized carbons (Fsp3) is 0. The minimum absolute atomic E-state index is 1.13. The Morgan fingerprint density at radius 1 is 0.0833 bits per heavy atom. The van der Waals surface area contributed by atoms with E-state index in [-0.39, 0.29) is 0 Å². The van der Waals surface area contributed by atoms with Gasteiger partial charge in [0.1, 0.15) is 0 Å². The number of para-hydroxylation sites is 12. The molecule has 0 fully saturated rings. The molecule has 6 aromatic heterocycles. The normalized spacial score (nSPS) is 11.6. The predicted molar refractivity (Wildman–Crippen MR) is 558 cm³/mol. The van der Waals surface area contributed by atoms with Crippen LogP contribution >= 0.6 is 0 Å². The summed E-state index contributed by atoms with van der Waals surface area (Å²) in [5.74, 6) is 0. The Morgan fingerprint density at radius 2 is 0.197 bits per heavy atom. The average molecular weight is 1680 g/mol. The Labute approximate surface area is 763 Å². The van der Waals surface area contributed by atoms with E-state index in [9.17, 15) is 0 Å². The summed E-state index contributed by atoms with van der Waals surface area (Å²) in [6.45, 7) is 0. The first-order chi connectivity index (χ1) is 65.5. The van der Waals surface area contributed by atoms with E-state index in [1.807, 2.05) is 0 Å². The zero-order valence-corrected chi connectivity index (χ0v) is 72.2. The molecule has 132 heavy (non-hydrogen) atoms. The molecule has 0 aliphatic rings. The molecule has 0 N–H and O–H groups in total. The molecule has 6 nitrogen and oxygen atoms in total. The van der Waals surface area contributed by atoms with E-state index in [1.165, 1.54) is 192 Å². The van der Waals surface area contributed by atoms with Crippen LogP contribution in [0.4, 0.5) is 0 Å². The monoisotopic (exact) mass is 1680 g/mol. The fourth-order valence-corrected chi connectivity index (χ4v) is 20.8. The summed E-state index contributed by atoms with van der Waals surface area (Å²) in [5, 5.41) is 15.1. The molecule has 0 spiro atoms. The van der Waals surface area contributed by atoms with E-state index >= 15 is 0 Å². The molecule has 0 radical (unpaired) electrons. The van der Waals surface area contributed by atoms with Crippen LogP contribution in [-0.2, 0) is 0 Å². The minimum atomic E-state index is 1.13.